The molecule has 0 fully saturated rings. The van der Waals surface area contributed by atoms with Crippen molar-refractivity contribution in [2.45, 2.75) is 51.9 Å². The first-order valence-electron chi connectivity index (χ1n) is 6.77. The van der Waals surface area contributed by atoms with Crippen molar-refractivity contribution in [2.75, 3.05) is 6.54 Å². The zero-order valence-corrected chi connectivity index (χ0v) is 12.9. The summed E-state index contributed by atoms with van der Waals surface area (Å²) >= 11 is 0. The smallest absolute Gasteiger partial charge is 0.193 e. The summed E-state index contributed by atoms with van der Waals surface area (Å²) in [6.45, 7) is 9.08. The Morgan fingerprint density at radius 2 is 1.72 bits per heavy atom. The summed E-state index contributed by atoms with van der Waals surface area (Å²) in [6, 6.07) is 3.36. The van der Waals surface area contributed by atoms with Gasteiger partial charge in [0.25, 0.3) is 0 Å². The van der Waals surface area contributed by atoms with Crippen LogP contribution >= 0.6 is 0 Å². The van der Waals surface area contributed by atoms with Crippen LogP contribution in [0.1, 0.15) is 38.3 Å². The number of rotatable bonds is 7. The lowest BCUT2D eigenvalue weighted by molar-refractivity contribution is 0.192. The molecule has 18 heavy (non-hydrogen) atoms. The van der Waals surface area contributed by atoms with Crippen molar-refractivity contribution in [3.05, 3.63) is 23.8 Å². The summed E-state index contributed by atoms with van der Waals surface area (Å²) in [5, 5.41) is 0. The molecular formula is C13H25N3OSi. The fraction of sp³-hybridized carbons (Fsp3) is 0.692. The molecule has 0 saturated heterocycles. The summed E-state index contributed by atoms with van der Waals surface area (Å²) in [6.07, 6.45) is 3.31. The quantitative estimate of drug-likeness (QED) is 0.772. The van der Waals surface area contributed by atoms with Crippen LogP contribution in [0.4, 0.5) is 0 Å². The minimum absolute atomic E-state index is 0.106. The van der Waals surface area contributed by atoms with Gasteiger partial charge >= 0.3 is 0 Å². The first-order chi connectivity index (χ1) is 8.62. The highest BCUT2D eigenvalue weighted by molar-refractivity contribution is 6.73. The SMILES string of the molecule is CC[Si](CC)(CC)OC(CN)c1nccnc1C. The molecule has 1 atom stereocenters. The lowest BCUT2D eigenvalue weighted by Gasteiger charge is -2.32. The normalized spacial score (nSPS) is 13.6. The van der Waals surface area contributed by atoms with Gasteiger partial charge in [-0.25, -0.2) is 0 Å². The number of nitrogens with zero attached hydrogens (tertiary/aromatic N) is 2. The van der Waals surface area contributed by atoms with Gasteiger partial charge in [-0.05, 0) is 25.1 Å². The minimum atomic E-state index is -1.65. The molecule has 0 bridgehead atoms. The number of aryl methyl sites for hydroxylation is 1. The third kappa shape index (κ3) is 3.37. The Morgan fingerprint density at radius 1 is 1.17 bits per heavy atom. The fourth-order valence-corrected chi connectivity index (χ4v) is 5.06. The number of hydrogen-bond donors (Lipinski definition) is 1. The number of aromatic nitrogens is 2. The molecule has 0 amide bonds. The van der Waals surface area contributed by atoms with Gasteiger partial charge in [-0.3, -0.25) is 9.97 Å². The van der Waals surface area contributed by atoms with Crippen LogP contribution in [0, 0.1) is 6.92 Å². The van der Waals surface area contributed by atoms with Crippen LogP contribution in [0.2, 0.25) is 18.1 Å². The summed E-state index contributed by atoms with van der Waals surface area (Å²) in [5.41, 5.74) is 7.69. The molecule has 1 rings (SSSR count). The predicted octanol–water partition coefficient (Wildman–Crippen LogP) is 2.81. The largest absolute Gasteiger partial charge is 0.407 e. The molecule has 1 unspecified atom stereocenters. The van der Waals surface area contributed by atoms with E-state index in [4.69, 9.17) is 10.2 Å². The third-order valence-electron chi connectivity index (χ3n) is 3.76. The van der Waals surface area contributed by atoms with Crippen molar-refractivity contribution in [3.8, 4) is 0 Å². The van der Waals surface area contributed by atoms with Crippen molar-refractivity contribution < 1.29 is 4.43 Å². The first-order valence-corrected chi connectivity index (χ1v) is 9.30. The van der Waals surface area contributed by atoms with E-state index in [1.165, 1.54) is 0 Å². The fourth-order valence-electron chi connectivity index (χ4n) is 2.25. The maximum Gasteiger partial charge on any atom is 0.193 e. The van der Waals surface area contributed by atoms with E-state index in [1.807, 2.05) is 6.92 Å². The predicted molar refractivity (Wildman–Crippen MR) is 76.8 cm³/mol. The standard InChI is InChI=1S/C13H25N3OSi/c1-5-18(6-2,7-3)17-12(10-14)13-11(4)15-8-9-16-13/h8-9,12H,5-7,10,14H2,1-4H3. The van der Waals surface area contributed by atoms with Crippen LogP contribution in [0.3, 0.4) is 0 Å². The Morgan fingerprint density at radius 3 is 2.17 bits per heavy atom. The van der Waals surface area contributed by atoms with E-state index in [0.29, 0.717) is 6.54 Å². The summed E-state index contributed by atoms with van der Waals surface area (Å²) < 4.78 is 6.41. The number of hydrogen-bond acceptors (Lipinski definition) is 4. The topological polar surface area (TPSA) is 61.0 Å². The highest BCUT2D eigenvalue weighted by Crippen LogP contribution is 2.29. The van der Waals surface area contributed by atoms with Crippen molar-refractivity contribution >= 4 is 8.32 Å². The lowest BCUT2D eigenvalue weighted by Crippen LogP contribution is -2.39. The van der Waals surface area contributed by atoms with E-state index < -0.39 is 8.32 Å². The van der Waals surface area contributed by atoms with Gasteiger partial charge in [0.2, 0.25) is 0 Å². The second-order valence-corrected chi connectivity index (χ2v) is 9.34. The second kappa shape index (κ2) is 6.97. The van der Waals surface area contributed by atoms with E-state index in [1.54, 1.807) is 12.4 Å². The van der Waals surface area contributed by atoms with Gasteiger partial charge in [-0.15, -0.1) is 0 Å². The Hall–Kier alpha value is -0.783. The molecule has 0 spiro atoms. The van der Waals surface area contributed by atoms with E-state index in [9.17, 15) is 0 Å². The van der Waals surface area contributed by atoms with Gasteiger partial charge in [-0.1, -0.05) is 20.8 Å². The Balaban J connectivity index is 2.94. The monoisotopic (exact) mass is 267 g/mol. The first kappa shape index (κ1) is 15.3. The molecule has 0 aliphatic carbocycles. The average molecular weight is 267 g/mol. The van der Waals surface area contributed by atoms with Crippen LogP contribution in [0.5, 0.6) is 0 Å². The maximum atomic E-state index is 6.41. The lowest BCUT2D eigenvalue weighted by atomic mass is 10.2. The van der Waals surface area contributed by atoms with Gasteiger partial charge in [0, 0.05) is 18.9 Å². The molecular weight excluding hydrogens is 242 g/mol. The Kier molecular flexibility index (Phi) is 5.91. The van der Waals surface area contributed by atoms with Gasteiger partial charge in [0.05, 0.1) is 11.4 Å². The van der Waals surface area contributed by atoms with Gasteiger partial charge in [-0.2, -0.15) is 0 Å². The summed E-state index contributed by atoms with van der Waals surface area (Å²) in [5.74, 6) is 0. The molecule has 0 radical (unpaired) electrons. The zero-order valence-electron chi connectivity index (χ0n) is 11.9. The molecule has 1 aromatic heterocycles. The Labute approximate surface area is 111 Å². The van der Waals surface area contributed by atoms with Crippen molar-refractivity contribution in [2.24, 2.45) is 5.73 Å². The maximum absolute atomic E-state index is 6.41. The van der Waals surface area contributed by atoms with Crippen molar-refractivity contribution in [1.82, 2.24) is 9.97 Å². The number of nitrogens with two attached hydrogens (primary N) is 1. The van der Waals surface area contributed by atoms with Gasteiger partial charge in [0.1, 0.15) is 6.10 Å². The molecule has 2 N–H and O–H groups in total. The molecule has 5 heteroatoms. The average Bonchev–Trinajstić information content (AvgIpc) is 2.42. The molecule has 1 aromatic rings. The molecule has 102 valence electrons. The summed E-state index contributed by atoms with van der Waals surface area (Å²) in [4.78, 5) is 8.66. The molecule has 4 nitrogen and oxygen atoms in total. The van der Waals surface area contributed by atoms with E-state index in [2.05, 4.69) is 30.7 Å². The highest BCUT2D eigenvalue weighted by Gasteiger charge is 2.33. The minimum Gasteiger partial charge on any atom is -0.407 e. The molecule has 0 aliphatic heterocycles. The van der Waals surface area contributed by atoms with Crippen LogP contribution in [0.15, 0.2) is 12.4 Å². The Bertz CT molecular complexity index is 361. The van der Waals surface area contributed by atoms with Crippen molar-refractivity contribution in [3.63, 3.8) is 0 Å². The van der Waals surface area contributed by atoms with E-state index in [0.717, 1.165) is 29.5 Å². The van der Waals surface area contributed by atoms with Gasteiger partial charge < -0.3 is 10.2 Å². The van der Waals surface area contributed by atoms with Crippen LogP contribution < -0.4 is 5.73 Å². The highest BCUT2D eigenvalue weighted by atomic mass is 28.4. The zero-order chi connectivity index (χ0) is 13.6. The van der Waals surface area contributed by atoms with Gasteiger partial charge in [0.15, 0.2) is 8.32 Å². The second-order valence-electron chi connectivity index (χ2n) is 4.61. The molecule has 0 aliphatic rings. The molecule has 1 heterocycles. The van der Waals surface area contributed by atoms with Crippen LogP contribution in [-0.2, 0) is 4.43 Å². The summed E-state index contributed by atoms with van der Waals surface area (Å²) in [7, 11) is -1.65. The molecule has 0 aromatic carbocycles. The van der Waals surface area contributed by atoms with Crippen LogP contribution in [-0.4, -0.2) is 24.8 Å². The molecule has 0 saturated carbocycles. The van der Waals surface area contributed by atoms with E-state index >= 15 is 0 Å². The van der Waals surface area contributed by atoms with Crippen LogP contribution in [0.25, 0.3) is 0 Å². The third-order valence-corrected chi connectivity index (χ3v) is 8.41. The van der Waals surface area contributed by atoms with Crippen molar-refractivity contribution in [1.29, 1.82) is 0 Å². The van der Waals surface area contributed by atoms with E-state index in [-0.39, 0.29) is 6.10 Å².